The van der Waals surface area contributed by atoms with Gasteiger partial charge < -0.3 is 20.2 Å². The number of hydrogen-bond acceptors (Lipinski definition) is 4. The van der Waals surface area contributed by atoms with E-state index >= 15 is 0 Å². The Balaban J connectivity index is 2.14. The summed E-state index contributed by atoms with van der Waals surface area (Å²) in [4.78, 5) is 17.3. The molecule has 0 aromatic rings. The van der Waals surface area contributed by atoms with Crippen molar-refractivity contribution in [2.75, 3.05) is 40.3 Å². The minimum Gasteiger partial charge on any atom is -0.391 e. The number of amides is 1. The first-order valence-corrected chi connectivity index (χ1v) is 8.33. The molecule has 0 aliphatic carbocycles. The fourth-order valence-corrected chi connectivity index (χ4v) is 3.99. The van der Waals surface area contributed by atoms with Gasteiger partial charge in [-0.2, -0.15) is 0 Å². The number of aliphatic hydroxyl groups is 1. The van der Waals surface area contributed by atoms with Crippen molar-refractivity contribution in [1.29, 1.82) is 0 Å². The van der Waals surface area contributed by atoms with Crippen LogP contribution in [-0.2, 0) is 4.79 Å². The van der Waals surface area contributed by atoms with Crippen LogP contribution in [0.4, 0.5) is 0 Å². The summed E-state index contributed by atoms with van der Waals surface area (Å²) in [7, 11) is 4.05. The van der Waals surface area contributed by atoms with E-state index in [4.69, 9.17) is 0 Å². The predicted octanol–water partition coefficient (Wildman–Crippen LogP) is 0.680. The second-order valence-corrected chi connectivity index (χ2v) is 7.04. The molecule has 5 heteroatoms. The second kappa shape index (κ2) is 7.07. The van der Waals surface area contributed by atoms with Crippen LogP contribution in [0.5, 0.6) is 0 Å². The zero-order valence-electron chi connectivity index (χ0n) is 13.8. The van der Waals surface area contributed by atoms with Gasteiger partial charge in [0.2, 0.25) is 5.91 Å². The van der Waals surface area contributed by atoms with E-state index in [1.165, 1.54) is 0 Å². The minimum atomic E-state index is -0.362. The van der Waals surface area contributed by atoms with E-state index in [9.17, 15) is 9.90 Å². The van der Waals surface area contributed by atoms with E-state index in [2.05, 4.69) is 17.1 Å². The molecule has 0 aromatic heterocycles. The number of likely N-dealkylation sites (N-methyl/N-ethyl adjacent to an activating group) is 1. The lowest BCUT2D eigenvalue weighted by Crippen LogP contribution is -2.52. The summed E-state index contributed by atoms with van der Waals surface area (Å²) in [5.74, 6) is 0.286. The van der Waals surface area contributed by atoms with Gasteiger partial charge in [0, 0.05) is 19.1 Å². The summed E-state index contributed by atoms with van der Waals surface area (Å²) >= 11 is 0. The molecule has 2 rings (SSSR count). The first-order valence-electron chi connectivity index (χ1n) is 8.33. The third-order valence-electron chi connectivity index (χ3n) is 4.97. The van der Waals surface area contributed by atoms with Crippen LogP contribution < -0.4 is 5.32 Å². The number of hydrogen-bond donors (Lipinski definition) is 2. The Bertz CT molecular complexity index is 348. The maximum absolute atomic E-state index is 13.2. The van der Waals surface area contributed by atoms with E-state index in [1.54, 1.807) is 0 Å². The van der Waals surface area contributed by atoms with Crippen molar-refractivity contribution in [3.63, 3.8) is 0 Å². The number of aliphatic hydroxyl groups excluding tert-OH is 1. The van der Waals surface area contributed by atoms with Crippen LogP contribution in [0, 0.1) is 5.41 Å². The topological polar surface area (TPSA) is 55.8 Å². The van der Waals surface area contributed by atoms with Crippen LogP contribution in [0.25, 0.3) is 0 Å². The molecule has 2 unspecified atom stereocenters. The molecule has 2 atom stereocenters. The van der Waals surface area contributed by atoms with Crippen molar-refractivity contribution in [3.05, 3.63) is 0 Å². The van der Waals surface area contributed by atoms with Gasteiger partial charge in [0.15, 0.2) is 0 Å². The van der Waals surface area contributed by atoms with Crippen molar-refractivity contribution in [3.8, 4) is 0 Å². The lowest BCUT2D eigenvalue weighted by atomic mass is 9.74. The molecule has 5 nitrogen and oxygen atoms in total. The molecule has 1 amide bonds. The molecule has 2 N–H and O–H groups in total. The molecular weight excluding hydrogens is 266 g/mol. The highest BCUT2D eigenvalue weighted by molar-refractivity contribution is 5.83. The maximum atomic E-state index is 13.2. The molecule has 2 fully saturated rings. The Hall–Kier alpha value is -0.650. The number of nitrogens with zero attached hydrogens (tertiary/aromatic N) is 2. The Labute approximate surface area is 128 Å². The molecule has 0 aromatic carbocycles. The second-order valence-electron chi connectivity index (χ2n) is 7.04. The molecule has 2 aliphatic heterocycles. The Morgan fingerprint density at radius 2 is 2.05 bits per heavy atom. The van der Waals surface area contributed by atoms with Gasteiger partial charge in [0.05, 0.1) is 11.5 Å². The lowest BCUT2D eigenvalue weighted by Gasteiger charge is -2.41. The van der Waals surface area contributed by atoms with Crippen molar-refractivity contribution < 1.29 is 9.90 Å². The van der Waals surface area contributed by atoms with Gasteiger partial charge >= 0.3 is 0 Å². The van der Waals surface area contributed by atoms with Crippen molar-refractivity contribution in [2.45, 2.75) is 51.2 Å². The zero-order valence-corrected chi connectivity index (χ0v) is 13.8. The Kier molecular flexibility index (Phi) is 5.63. The molecule has 2 saturated heterocycles. The van der Waals surface area contributed by atoms with Gasteiger partial charge in [-0.05, 0) is 52.9 Å². The number of rotatable bonds is 5. The number of carbonyl (C=O) groups is 1. The lowest BCUT2D eigenvalue weighted by molar-refractivity contribution is -0.146. The summed E-state index contributed by atoms with van der Waals surface area (Å²) in [5.41, 5.74) is -0.200. The number of piperidine rings is 1. The highest BCUT2D eigenvalue weighted by Crippen LogP contribution is 2.38. The van der Waals surface area contributed by atoms with Gasteiger partial charge in [-0.1, -0.05) is 13.3 Å². The van der Waals surface area contributed by atoms with Crippen molar-refractivity contribution in [1.82, 2.24) is 15.1 Å². The van der Waals surface area contributed by atoms with Gasteiger partial charge in [0.25, 0.3) is 0 Å². The van der Waals surface area contributed by atoms with Gasteiger partial charge in [0.1, 0.15) is 0 Å². The van der Waals surface area contributed by atoms with E-state index in [1.807, 2.05) is 19.0 Å². The van der Waals surface area contributed by atoms with Crippen LogP contribution in [0.3, 0.4) is 0 Å². The van der Waals surface area contributed by atoms with Gasteiger partial charge in [-0.15, -0.1) is 0 Å². The van der Waals surface area contributed by atoms with Crippen LogP contribution in [0.2, 0.25) is 0 Å². The average molecular weight is 297 g/mol. The molecule has 0 saturated carbocycles. The fourth-order valence-electron chi connectivity index (χ4n) is 3.99. The van der Waals surface area contributed by atoms with Gasteiger partial charge in [-0.3, -0.25) is 4.79 Å². The summed E-state index contributed by atoms with van der Waals surface area (Å²) in [6.45, 7) is 5.37. The third-order valence-corrected chi connectivity index (χ3v) is 4.97. The molecule has 0 spiro atoms. The SMILES string of the molecule is CCCC1(C(=O)N2CC(O)CC2CN(C)C)CCNCC1. The van der Waals surface area contributed by atoms with Gasteiger partial charge in [-0.25, -0.2) is 0 Å². The van der Waals surface area contributed by atoms with Crippen LogP contribution in [-0.4, -0.2) is 73.2 Å². The zero-order chi connectivity index (χ0) is 15.5. The molecule has 122 valence electrons. The first kappa shape index (κ1) is 16.7. The van der Waals surface area contributed by atoms with E-state index < -0.39 is 0 Å². The molecule has 2 heterocycles. The Morgan fingerprint density at radius 1 is 1.38 bits per heavy atom. The number of β-amino-alcohol motifs (C(OH)–C–C–N with tert-alkyl or cyclic N) is 1. The van der Waals surface area contributed by atoms with Crippen LogP contribution in [0.15, 0.2) is 0 Å². The minimum absolute atomic E-state index is 0.158. The number of likely N-dealkylation sites (tertiary alicyclic amines) is 1. The maximum Gasteiger partial charge on any atom is 0.229 e. The normalized spacial score (nSPS) is 29.1. The Morgan fingerprint density at radius 3 is 2.62 bits per heavy atom. The molecule has 0 radical (unpaired) electrons. The molecule has 21 heavy (non-hydrogen) atoms. The highest BCUT2D eigenvalue weighted by atomic mass is 16.3. The predicted molar refractivity (Wildman–Crippen MR) is 84.1 cm³/mol. The number of carbonyl (C=O) groups excluding carboxylic acids is 1. The largest absolute Gasteiger partial charge is 0.391 e. The summed E-state index contributed by atoms with van der Waals surface area (Å²) in [5, 5.41) is 13.4. The van der Waals surface area contributed by atoms with E-state index in [-0.39, 0.29) is 23.5 Å². The van der Waals surface area contributed by atoms with Crippen LogP contribution >= 0.6 is 0 Å². The van der Waals surface area contributed by atoms with E-state index in [0.717, 1.165) is 45.3 Å². The highest BCUT2D eigenvalue weighted by Gasteiger charge is 2.45. The standard InChI is InChI=1S/C16H31N3O2/c1-4-5-16(6-8-17-9-7-16)15(21)19-12-14(20)10-13(19)11-18(2)3/h13-14,17,20H,4-12H2,1-3H3. The molecule has 2 aliphatic rings. The summed E-state index contributed by atoms with van der Waals surface area (Å²) in [6, 6.07) is 0.158. The summed E-state index contributed by atoms with van der Waals surface area (Å²) < 4.78 is 0. The molecular formula is C16H31N3O2. The fraction of sp³-hybridized carbons (Fsp3) is 0.938. The molecule has 0 bridgehead atoms. The first-order chi connectivity index (χ1) is 9.98. The third kappa shape index (κ3) is 3.76. The quantitative estimate of drug-likeness (QED) is 0.783. The van der Waals surface area contributed by atoms with Crippen molar-refractivity contribution in [2.24, 2.45) is 5.41 Å². The summed E-state index contributed by atoms with van der Waals surface area (Å²) in [6.07, 6.45) is 4.22. The number of nitrogens with one attached hydrogen (secondary N) is 1. The van der Waals surface area contributed by atoms with E-state index in [0.29, 0.717) is 13.0 Å². The smallest absolute Gasteiger partial charge is 0.229 e. The van der Waals surface area contributed by atoms with Crippen LogP contribution in [0.1, 0.15) is 39.0 Å². The monoisotopic (exact) mass is 297 g/mol. The average Bonchev–Trinajstić information content (AvgIpc) is 2.79. The van der Waals surface area contributed by atoms with Crippen molar-refractivity contribution >= 4 is 5.91 Å².